The number of aliphatic carboxylic acids is 1. The Hall–Kier alpha value is -2.37. The van der Waals surface area contributed by atoms with Crippen LogP contribution in [0.4, 0.5) is 5.82 Å². The van der Waals surface area contributed by atoms with Crippen molar-refractivity contribution in [3.05, 3.63) is 24.5 Å². The summed E-state index contributed by atoms with van der Waals surface area (Å²) < 4.78 is 5.18. The minimum Gasteiger partial charge on any atom is -0.497 e. The predicted molar refractivity (Wildman–Crippen MR) is 76.0 cm³/mol. The van der Waals surface area contributed by atoms with Crippen LogP contribution in [0.5, 0.6) is 5.75 Å². The van der Waals surface area contributed by atoms with E-state index in [1.807, 2.05) is 19.9 Å². The number of hydrogen-bond donors (Lipinski definition) is 2. The van der Waals surface area contributed by atoms with E-state index in [0.717, 1.165) is 10.9 Å². The highest BCUT2D eigenvalue weighted by Crippen LogP contribution is 2.25. The first-order valence-electron chi connectivity index (χ1n) is 6.31. The SMILES string of the molecule is COc1ccc2ncnc(NC(C(=O)O)C(C)C)c2c1. The van der Waals surface area contributed by atoms with E-state index in [-0.39, 0.29) is 5.92 Å². The maximum atomic E-state index is 11.3. The minimum atomic E-state index is -0.908. The van der Waals surface area contributed by atoms with Crippen LogP contribution in [0.15, 0.2) is 24.5 Å². The number of nitrogens with one attached hydrogen (secondary N) is 1. The fourth-order valence-electron chi connectivity index (χ4n) is 1.94. The topological polar surface area (TPSA) is 84.3 Å². The van der Waals surface area contributed by atoms with E-state index in [0.29, 0.717) is 11.6 Å². The van der Waals surface area contributed by atoms with Crippen molar-refractivity contribution < 1.29 is 14.6 Å². The molecule has 6 nitrogen and oxygen atoms in total. The van der Waals surface area contributed by atoms with Crippen molar-refractivity contribution in [2.75, 3.05) is 12.4 Å². The van der Waals surface area contributed by atoms with Crippen molar-refractivity contribution in [3.63, 3.8) is 0 Å². The summed E-state index contributed by atoms with van der Waals surface area (Å²) in [7, 11) is 1.58. The largest absolute Gasteiger partial charge is 0.497 e. The second kappa shape index (κ2) is 5.73. The second-order valence-corrected chi connectivity index (χ2v) is 4.81. The second-order valence-electron chi connectivity index (χ2n) is 4.81. The number of anilines is 1. The number of carboxylic acids is 1. The third kappa shape index (κ3) is 2.79. The highest BCUT2D eigenvalue weighted by atomic mass is 16.5. The van der Waals surface area contributed by atoms with Crippen LogP contribution < -0.4 is 10.1 Å². The number of methoxy groups -OCH3 is 1. The summed E-state index contributed by atoms with van der Waals surface area (Å²) in [6.45, 7) is 3.69. The molecule has 1 aromatic heterocycles. The highest BCUT2D eigenvalue weighted by molar-refractivity contribution is 5.91. The van der Waals surface area contributed by atoms with E-state index >= 15 is 0 Å². The van der Waals surface area contributed by atoms with Gasteiger partial charge in [0.15, 0.2) is 0 Å². The van der Waals surface area contributed by atoms with Gasteiger partial charge in [-0.25, -0.2) is 14.8 Å². The van der Waals surface area contributed by atoms with Crippen molar-refractivity contribution >= 4 is 22.7 Å². The zero-order valence-electron chi connectivity index (χ0n) is 11.6. The number of benzene rings is 1. The van der Waals surface area contributed by atoms with Crippen molar-refractivity contribution in [2.24, 2.45) is 5.92 Å². The number of nitrogens with zero attached hydrogens (tertiary/aromatic N) is 2. The Labute approximate surface area is 116 Å². The molecule has 0 fully saturated rings. The van der Waals surface area contributed by atoms with E-state index in [2.05, 4.69) is 15.3 Å². The van der Waals surface area contributed by atoms with Gasteiger partial charge in [0.2, 0.25) is 0 Å². The van der Waals surface area contributed by atoms with Crippen LogP contribution in [0, 0.1) is 5.92 Å². The third-order valence-electron chi connectivity index (χ3n) is 3.07. The van der Waals surface area contributed by atoms with Crippen LogP contribution in [-0.4, -0.2) is 34.2 Å². The quantitative estimate of drug-likeness (QED) is 0.870. The molecule has 0 aliphatic rings. The molecule has 1 aromatic carbocycles. The molecule has 0 bridgehead atoms. The van der Waals surface area contributed by atoms with Gasteiger partial charge in [0.05, 0.1) is 12.6 Å². The number of carbonyl (C=O) groups is 1. The Morgan fingerprint density at radius 2 is 2.10 bits per heavy atom. The van der Waals surface area contributed by atoms with Gasteiger partial charge in [0, 0.05) is 5.39 Å². The molecule has 1 unspecified atom stereocenters. The number of aromatic nitrogens is 2. The lowest BCUT2D eigenvalue weighted by Gasteiger charge is -2.19. The smallest absolute Gasteiger partial charge is 0.326 e. The molecular formula is C14H17N3O3. The Morgan fingerprint density at radius 1 is 1.35 bits per heavy atom. The minimum absolute atomic E-state index is 0.0666. The first-order valence-corrected chi connectivity index (χ1v) is 6.31. The normalized spacial score (nSPS) is 12.4. The van der Waals surface area contributed by atoms with Gasteiger partial charge in [-0.05, 0) is 24.1 Å². The Balaban J connectivity index is 2.45. The molecule has 1 heterocycles. The van der Waals surface area contributed by atoms with E-state index in [1.165, 1.54) is 6.33 Å². The lowest BCUT2D eigenvalue weighted by atomic mass is 10.0. The molecule has 0 spiro atoms. The van der Waals surface area contributed by atoms with Gasteiger partial charge in [-0.3, -0.25) is 0 Å². The summed E-state index contributed by atoms with van der Waals surface area (Å²) >= 11 is 0. The fraction of sp³-hybridized carbons (Fsp3) is 0.357. The number of ether oxygens (including phenoxy) is 1. The monoisotopic (exact) mass is 275 g/mol. The molecule has 2 rings (SSSR count). The molecule has 0 aliphatic heterocycles. The average molecular weight is 275 g/mol. The fourth-order valence-corrected chi connectivity index (χ4v) is 1.94. The number of hydrogen-bond acceptors (Lipinski definition) is 5. The summed E-state index contributed by atoms with van der Waals surface area (Å²) in [4.78, 5) is 19.6. The Kier molecular flexibility index (Phi) is 4.02. The molecular weight excluding hydrogens is 258 g/mol. The van der Waals surface area contributed by atoms with Crippen LogP contribution in [-0.2, 0) is 4.79 Å². The molecule has 106 valence electrons. The number of carboxylic acid groups (broad SMARTS) is 1. The summed E-state index contributed by atoms with van der Waals surface area (Å²) in [6.07, 6.45) is 1.41. The van der Waals surface area contributed by atoms with Crippen molar-refractivity contribution in [2.45, 2.75) is 19.9 Å². The summed E-state index contributed by atoms with van der Waals surface area (Å²) in [5, 5.41) is 12.9. The van der Waals surface area contributed by atoms with Crippen molar-refractivity contribution in [1.82, 2.24) is 9.97 Å². The summed E-state index contributed by atoms with van der Waals surface area (Å²) in [5.74, 6) is 0.194. The van der Waals surface area contributed by atoms with Crippen molar-refractivity contribution in [1.29, 1.82) is 0 Å². The van der Waals surface area contributed by atoms with Crippen LogP contribution in [0.1, 0.15) is 13.8 Å². The molecule has 0 radical (unpaired) electrons. The molecule has 20 heavy (non-hydrogen) atoms. The lowest BCUT2D eigenvalue weighted by molar-refractivity contribution is -0.138. The van der Waals surface area contributed by atoms with Crippen LogP contribution in [0.2, 0.25) is 0 Å². The van der Waals surface area contributed by atoms with Crippen LogP contribution in [0.25, 0.3) is 10.9 Å². The van der Waals surface area contributed by atoms with E-state index in [4.69, 9.17) is 4.74 Å². The average Bonchev–Trinajstić information content (AvgIpc) is 2.43. The standard InChI is InChI=1S/C14H17N3O3/c1-8(2)12(14(18)19)17-13-10-6-9(20-3)4-5-11(10)15-7-16-13/h4-8,12H,1-3H3,(H,18,19)(H,15,16,17). The highest BCUT2D eigenvalue weighted by Gasteiger charge is 2.22. The first-order chi connectivity index (χ1) is 9.52. The molecule has 6 heteroatoms. The number of fused-ring (bicyclic) bond motifs is 1. The van der Waals surface area contributed by atoms with Gasteiger partial charge in [-0.1, -0.05) is 13.8 Å². The number of rotatable bonds is 5. The van der Waals surface area contributed by atoms with Gasteiger partial charge in [-0.15, -0.1) is 0 Å². The molecule has 1 atom stereocenters. The zero-order chi connectivity index (χ0) is 14.7. The molecule has 2 N–H and O–H groups in total. The van der Waals surface area contributed by atoms with Crippen LogP contribution >= 0.6 is 0 Å². The van der Waals surface area contributed by atoms with E-state index in [9.17, 15) is 9.90 Å². The summed E-state index contributed by atoms with van der Waals surface area (Å²) in [5.41, 5.74) is 0.733. The molecule has 0 aliphatic carbocycles. The third-order valence-corrected chi connectivity index (χ3v) is 3.07. The van der Waals surface area contributed by atoms with E-state index < -0.39 is 12.0 Å². The van der Waals surface area contributed by atoms with Gasteiger partial charge >= 0.3 is 5.97 Å². The van der Waals surface area contributed by atoms with Gasteiger partial charge in [-0.2, -0.15) is 0 Å². The Morgan fingerprint density at radius 3 is 2.70 bits per heavy atom. The van der Waals surface area contributed by atoms with Gasteiger partial charge in [0.1, 0.15) is 23.9 Å². The zero-order valence-corrected chi connectivity index (χ0v) is 11.6. The maximum absolute atomic E-state index is 11.3. The van der Waals surface area contributed by atoms with Gasteiger partial charge < -0.3 is 15.2 Å². The van der Waals surface area contributed by atoms with Crippen LogP contribution in [0.3, 0.4) is 0 Å². The molecule has 0 amide bonds. The predicted octanol–water partition coefficient (Wildman–Crippen LogP) is 2.16. The molecule has 0 saturated heterocycles. The van der Waals surface area contributed by atoms with Crippen molar-refractivity contribution in [3.8, 4) is 5.75 Å². The lowest BCUT2D eigenvalue weighted by Crippen LogP contribution is -2.34. The first kappa shape index (κ1) is 14.0. The molecule has 0 saturated carbocycles. The van der Waals surface area contributed by atoms with Gasteiger partial charge in [0.25, 0.3) is 0 Å². The summed E-state index contributed by atoms with van der Waals surface area (Å²) in [6, 6.07) is 4.69. The maximum Gasteiger partial charge on any atom is 0.326 e. The molecule has 2 aromatic rings. The van der Waals surface area contributed by atoms with E-state index in [1.54, 1.807) is 19.2 Å². The Bertz CT molecular complexity index is 628.